The largest absolute Gasteiger partial charge is 0.756 e. The fraction of sp³-hybridized carbons (Fsp3) is 0.583. The fourth-order valence-corrected chi connectivity index (χ4v) is 9.04. The van der Waals surface area contributed by atoms with E-state index in [1.807, 2.05) is 13.8 Å². The number of anilines is 2. The zero-order chi connectivity index (χ0) is 44.5. The van der Waals surface area contributed by atoms with Crippen molar-refractivity contribution in [3.05, 3.63) is 46.2 Å². The van der Waals surface area contributed by atoms with Crippen LogP contribution in [0.3, 0.4) is 0 Å². The van der Waals surface area contributed by atoms with Gasteiger partial charge in [-0.3, -0.25) is 27.4 Å². The Kier molecular flexibility index (Phi) is 16.6. The van der Waals surface area contributed by atoms with E-state index < -0.39 is 74.6 Å². The van der Waals surface area contributed by atoms with Crippen molar-refractivity contribution < 1.29 is 74.4 Å². The minimum atomic E-state index is -6.05. The molecule has 32 nitrogen and oxygen atoms in total. The van der Waals surface area contributed by atoms with Crippen LogP contribution in [0.25, 0.3) is 43.2 Å². The van der Waals surface area contributed by atoms with Gasteiger partial charge in [0.2, 0.25) is 0 Å². The van der Waals surface area contributed by atoms with Crippen LogP contribution < -0.4 is 31.0 Å². The molecule has 0 spiro atoms. The second-order valence-electron chi connectivity index (χ2n) is 11.4. The van der Waals surface area contributed by atoms with E-state index >= 15 is 0 Å². The first-order chi connectivity index (χ1) is 28.2. The Balaban J connectivity index is 0.000000259. The van der Waals surface area contributed by atoms with Crippen molar-refractivity contribution in [1.29, 1.82) is 0 Å². The van der Waals surface area contributed by atoms with Gasteiger partial charge in [-0.05, 0) is 18.0 Å². The molecule has 0 amide bonds. The van der Waals surface area contributed by atoms with Crippen LogP contribution in [0.2, 0.25) is 0 Å². The Morgan fingerprint density at radius 1 is 0.750 bits per heavy atom. The number of nitrogens with two attached hydrogens (primary N) is 2. The molecule has 10 atom stereocenters. The Morgan fingerprint density at radius 3 is 1.58 bits per heavy atom. The lowest BCUT2D eigenvalue weighted by atomic mass is 10.1. The van der Waals surface area contributed by atoms with Crippen molar-refractivity contribution in [1.82, 2.24) is 39.0 Å². The number of nitrogen functional groups attached to an aromatic ring is 2. The summed E-state index contributed by atoms with van der Waals surface area (Å²) in [6.45, 7) is 4.25. The van der Waals surface area contributed by atoms with Crippen LogP contribution in [0.15, 0.2) is 35.5 Å². The van der Waals surface area contributed by atoms with Crippen LogP contribution in [-0.2, 0) is 49.9 Å². The summed E-state index contributed by atoms with van der Waals surface area (Å²) in [6.07, 6.45) is 2.13. The van der Waals surface area contributed by atoms with Crippen molar-refractivity contribution in [2.45, 2.75) is 70.4 Å². The third kappa shape index (κ3) is 12.9. The average molecular weight is 927 g/mol. The van der Waals surface area contributed by atoms with Gasteiger partial charge < -0.3 is 59.0 Å². The number of phosphoric acid groups is 4. The minimum absolute atomic E-state index is 0.0184. The van der Waals surface area contributed by atoms with Gasteiger partial charge in [-0.1, -0.05) is 24.1 Å². The number of nitrogens with zero attached hydrogens (tertiary/aromatic N) is 14. The fourth-order valence-electron chi connectivity index (χ4n) is 5.42. The molecule has 6 unspecified atom stereocenters. The highest BCUT2D eigenvalue weighted by atomic mass is 31.3. The lowest BCUT2D eigenvalue weighted by Crippen LogP contribution is -2.26. The Bertz CT molecular complexity index is 2410. The smallest absolute Gasteiger partial charge is 0.280 e. The van der Waals surface area contributed by atoms with Crippen LogP contribution in [0.1, 0.15) is 46.1 Å². The summed E-state index contributed by atoms with van der Waals surface area (Å²) in [7, 11) is -22.1. The molecule has 60 heavy (non-hydrogen) atoms. The number of hydrogen-bond donors (Lipinski definition) is 3. The van der Waals surface area contributed by atoms with Gasteiger partial charge in [0.25, 0.3) is 31.3 Å². The highest BCUT2D eigenvalue weighted by Crippen LogP contribution is 2.61. The van der Waals surface area contributed by atoms with E-state index in [1.165, 1.54) is 36.8 Å². The zero-order valence-electron chi connectivity index (χ0n) is 31.1. The van der Waals surface area contributed by atoms with Gasteiger partial charge >= 0.3 is 0 Å². The molecular formula is C24H34N16O16P4-4. The summed E-state index contributed by atoms with van der Waals surface area (Å²) < 4.78 is 79.9. The maximum atomic E-state index is 11.7. The average Bonchev–Trinajstić information content (AvgIpc) is 3.96. The van der Waals surface area contributed by atoms with Gasteiger partial charge in [0.15, 0.2) is 22.9 Å². The first-order valence-electron chi connectivity index (χ1n) is 16.8. The van der Waals surface area contributed by atoms with E-state index in [-0.39, 0.29) is 48.9 Å². The van der Waals surface area contributed by atoms with E-state index in [0.717, 1.165) is 0 Å². The molecule has 0 aliphatic carbocycles. The van der Waals surface area contributed by atoms with Crippen molar-refractivity contribution in [3.63, 3.8) is 0 Å². The molecule has 2 fully saturated rings. The normalized spacial score (nSPS) is 25.2. The molecule has 2 saturated heterocycles. The highest BCUT2D eigenvalue weighted by molar-refractivity contribution is 7.65. The lowest BCUT2D eigenvalue weighted by Gasteiger charge is -2.33. The summed E-state index contributed by atoms with van der Waals surface area (Å²) in [5.74, 6) is 0.319. The maximum Gasteiger partial charge on any atom is 0.280 e. The molecule has 6 heterocycles. The molecule has 36 heteroatoms. The minimum Gasteiger partial charge on any atom is -0.756 e. The topological polar surface area (TPSA) is 482 Å². The van der Waals surface area contributed by atoms with Crippen molar-refractivity contribution >= 4 is 65.3 Å². The number of rotatable bonds is 16. The number of fused-ring (bicyclic) bond motifs is 2. The second kappa shape index (κ2) is 20.5. The molecule has 330 valence electrons. The van der Waals surface area contributed by atoms with Crippen molar-refractivity contribution in [2.24, 2.45) is 10.2 Å². The summed E-state index contributed by atoms with van der Waals surface area (Å²) in [6, 6.07) is -1.61. The number of imidazole rings is 2. The van der Waals surface area contributed by atoms with E-state index in [9.17, 15) is 37.8 Å². The molecule has 2 aliphatic heterocycles. The van der Waals surface area contributed by atoms with E-state index in [2.05, 4.69) is 67.6 Å². The van der Waals surface area contributed by atoms with Gasteiger partial charge in [-0.2, -0.15) is 0 Å². The lowest BCUT2D eigenvalue weighted by molar-refractivity contribution is -0.250. The first-order valence-corrected chi connectivity index (χ1v) is 22.7. The number of azide groups is 2. The summed E-state index contributed by atoms with van der Waals surface area (Å²) in [5, 5.41) is 7.15. The molecule has 4 aromatic heterocycles. The molecule has 6 rings (SSSR count). The first kappa shape index (κ1) is 48.4. The number of aromatic nitrogens is 8. The Hall–Kier alpha value is -4.24. The quantitative estimate of drug-likeness (QED) is 0.0603. The zero-order valence-corrected chi connectivity index (χ0v) is 34.7. The van der Waals surface area contributed by atoms with Gasteiger partial charge in [-0.25, -0.2) is 38.5 Å². The molecule has 0 aromatic carbocycles. The van der Waals surface area contributed by atoms with E-state index in [4.69, 9.17) is 41.4 Å². The summed E-state index contributed by atoms with van der Waals surface area (Å²) in [4.78, 5) is 82.8. The van der Waals surface area contributed by atoms with Crippen LogP contribution >= 0.6 is 31.3 Å². The third-order valence-electron chi connectivity index (χ3n) is 7.69. The Labute approximate surface area is 336 Å². The second-order valence-corrected chi connectivity index (χ2v) is 17.1. The molecule has 4 aromatic rings. The van der Waals surface area contributed by atoms with Gasteiger partial charge in [0.1, 0.15) is 36.1 Å². The molecule has 0 bridgehead atoms. The Morgan fingerprint density at radius 2 is 1.18 bits per heavy atom. The van der Waals surface area contributed by atoms with E-state index in [0.29, 0.717) is 11.2 Å². The summed E-state index contributed by atoms with van der Waals surface area (Å²) in [5.41, 5.74) is 30.4. The number of phosphoric ester groups is 2. The predicted molar refractivity (Wildman–Crippen MR) is 192 cm³/mol. The molecule has 0 radical (unpaired) electrons. The monoisotopic (exact) mass is 926 g/mol. The molecular weight excluding hydrogens is 892 g/mol. The molecule has 2 aliphatic rings. The van der Waals surface area contributed by atoms with Crippen LogP contribution in [-0.4, -0.2) is 88.0 Å². The van der Waals surface area contributed by atoms with Crippen LogP contribution in [0.5, 0.6) is 0 Å². The standard InChI is InChI=1S/C12H17N8O5P.C10H15N8O11P3.C2H6/c1-2-23-26(21,22)24-4-8-7(18-19-14)3-9(25-8)20-6-17-10-11(13)15-5-16-12(10)20;11-9-8-10(14-3-13-9)18(4-15-8)7-1-5(16-17-12)6(27-7)2-26-31(22,23)29-32(24,25)28-30(19,20)21;1-2/h5-9H,2-4H2,1H3,(H,21,22)(H2,13,15,16);3-7H,1-2H2,(H,22,23)(H,24,25)(H2,11,13,14)(H2,19,20,21);1-2H3/p-4/t7?,8-,9-;5?,6-,7-;/m11./s1. The SMILES string of the molecule is CC.CCOP(=O)([O-])OC[C@H]1O[C@@H](n2cnc3c(N)ncnc32)CC1N=[N+]=[N-].[N-]=[N+]=NC1C[C@H](n2cnc3c(N)ncnc32)O[C@@H]1COP(=O)([O-])OP(=O)([O-])OP(=O)([O-])O. The summed E-state index contributed by atoms with van der Waals surface area (Å²) >= 11 is 0. The third-order valence-corrected chi connectivity index (χ3v) is 12.4. The van der Waals surface area contributed by atoms with Crippen LogP contribution in [0, 0.1) is 0 Å². The van der Waals surface area contributed by atoms with Gasteiger partial charge in [-0.15, -0.1) is 0 Å². The number of hydrogen-bond acceptors (Lipinski definition) is 25. The number of ether oxygens (including phenoxy) is 2. The van der Waals surface area contributed by atoms with Crippen LogP contribution in [0.4, 0.5) is 11.6 Å². The molecule has 0 saturated carbocycles. The van der Waals surface area contributed by atoms with Crippen molar-refractivity contribution in [2.75, 3.05) is 31.3 Å². The van der Waals surface area contributed by atoms with Gasteiger partial charge in [0, 0.05) is 22.7 Å². The van der Waals surface area contributed by atoms with Gasteiger partial charge in [0.05, 0.1) is 56.8 Å². The maximum absolute atomic E-state index is 11.7. The highest BCUT2D eigenvalue weighted by Gasteiger charge is 2.39. The van der Waals surface area contributed by atoms with Crippen molar-refractivity contribution in [3.8, 4) is 0 Å². The molecule has 5 N–H and O–H groups in total. The predicted octanol–water partition coefficient (Wildman–Crippen LogP) is 0.745. The van der Waals surface area contributed by atoms with E-state index in [1.54, 1.807) is 4.57 Å².